The van der Waals surface area contributed by atoms with Gasteiger partial charge in [-0.2, -0.15) is 0 Å². The largest absolute Gasteiger partial charge is 0.507 e. The molecule has 0 bridgehead atoms. The summed E-state index contributed by atoms with van der Waals surface area (Å²) in [4.78, 5) is 11.8. The number of halogens is 1. The second-order valence-electron chi connectivity index (χ2n) is 4.86. The van der Waals surface area contributed by atoms with Crippen molar-refractivity contribution in [1.29, 1.82) is 0 Å². The fraction of sp³-hybridized carbons (Fsp3) is 0.462. The quantitative estimate of drug-likeness (QED) is 0.868. The highest BCUT2D eigenvalue weighted by Gasteiger charge is 2.18. The van der Waals surface area contributed by atoms with Crippen molar-refractivity contribution in [2.75, 3.05) is 6.54 Å². The molecule has 0 aliphatic rings. The third kappa shape index (κ3) is 3.93. The Bertz CT molecular complexity index is 416. The average Bonchev–Trinajstić information content (AvgIpc) is 2.26. The smallest absolute Gasteiger partial charge is 0.255 e. The van der Waals surface area contributed by atoms with Gasteiger partial charge in [-0.05, 0) is 30.0 Å². The Morgan fingerprint density at radius 2 is 2.12 bits per heavy atom. The van der Waals surface area contributed by atoms with E-state index in [9.17, 15) is 9.90 Å². The van der Waals surface area contributed by atoms with Gasteiger partial charge in [0.2, 0.25) is 0 Å². The minimum atomic E-state index is -0.277. The Balaban J connectivity index is 2.71. The van der Waals surface area contributed by atoms with Crippen LogP contribution in [0.25, 0.3) is 0 Å². The molecule has 1 amide bonds. The van der Waals surface area contributed by atoms with Gasteiger partial charge in [0.15, 0.2) is 0 Å². The molecular weight excluding hydrogens is 238 g/mol. The summed E-state index contributed by atoms with van der Waals surface area (Å²) in [6.45, 7) is 6.81. The van der Waals surface area contributed by atoms with Crippen molar-refractivity contribution in [3.63, 3.8) is 0 Å². The number of carbonyl (C=O) groups excluding carboxylic acids is 1. The van der Waals surface area contributed by atoms with Crippen LogP contribution in [0.1, 0.15) is 37.6 Å². The van der Waals surface area contributed by atoms with E-state index in [4.69, 9.17) is 11.6 Å². The molecule has 0 aliphatic carbocycles. The first-order valence-corrected chi connectivity index (χ1v) is 6.00. The SMILES string of the molecule is CCC(C)(C)CNC(=O)c1ccc(Cl)cc1O. The third-order valence-corrected chi connectivity index (χ3v) is 3.12. The molecule has 2 N–H and O–H groups in total. The molecule has 94 valence electrons. The third-order valence-electron chi connectivity index (χ3n) is 2.89. The first-order chi connectivity index (χ1) is 7.85. The zero-order valence-corrected chi connectivity index (χ0v) is 11.1. The predicted molar refractivity (Wildman–Crippen MR) is 69.5 cm³/mol. The van der Waals surface area contributed by atoms with Gasteiger partial charge in [0.05, 0.1) is 5.56 Å². The van der Waals surface area contributed by atoms with E-state index < -0.39 is 0 Å². The number of hydrogen-bond donors (Lipinski definition) is 2. The van der Waals surface area contributed by atoms with Crippen molar-refractivity contribution in [3.05, 3.63) is 28.8 Å². The van der Waals surface area contributed by atoms with Crippen LogP contribution in [0.3, 0.4) is 0 Å². The lowest BCUT2D eigenvalue weighted by Gasteiger charge is -2.22. The molecule has 0 saturated carbocycles. The number of phenolic OH excluding ortho intramolecular Hbond substituents is 1. The van der Waals surface area contributed by atoms with E-state index in [1.807, 2.05) is 0 Å². The molecule has 17 heavy (non-hydrogen) atoms. The fourth-order valence-corrected chi connectivity index (χ4v) is 1.40. The maximum Gasteiger partial charge on any atom is 0.255 e. The summed E-state index contributed by atoms with van der Waals surface area (Å²) < 4.78 is 0. The minimum absolute atomic E-state index is 0.0533. The summed E-state index contributed by atoms with van der Waals surface area (Å²) in [5.41, 5.74) is 0.304. The first kappa shape index (κ1) is 13.8. The van der Waals surface area contributed by atoms with E-state index in [2.05, 4.69) is 26.1 Å². The van der Waals surface area contributed by atoms with Crippen LogP contribution in [0.5, 0.6) is 5.75 Å². The number of nitrogens with one attached hydrogen (secondary N) is 1. The van der Waals surface area contributed by atoms with Gasteiger partial charge in [0.25, 0.3) is 5.91 Å². The molecule has 0 radical (unpaired) electrons. The summed E-state index contributed by atoms with van der Waals surface area (Å²) in [5, 5.41) is 12.8. The van der Waals surface area contributed by atoms with Crippen molar-refractivity contribution in [1.82, 2.24) is 5.32 Å². The molecule has 0 unspecified atom stereocenters. The summed E-state index contributed by atoms with van der Waals surface area (Å²) in [5.74, 6) is -0.370. The molecule has 0 atom stereocenters. The maximum absolute atomic E-state index is 11.8. The van der Waals surface area contributed by atoms with Crippen LogP contribution in [0, 0.1) is 5.41 Å². The van der Waals surface area contributed by atoms with E-state index in [-0.39, 0.29) is 22.6 Å². The predicted octanol–water partition coefficient (Wildman–Crippen LogP) is 3.21. The van der Waals surface area contributed by atoms with E-state index in [0.29, 0.717) is 11.6 Å². The van der Waals surface area contributed by atoms with Gasteiger partial charge < -0.3 is 10.4 Å². The Labute approximate surface area is 107 Å². The molecule has 4 heteroatoms. The molecule has 0 fully saturated rings. The van der Waals surface area contributed by atoms with E-state index in [1.54, 1.807) is 6.07 Å². The second-order valence-corrected chi connectivity index (χ2v) is 5.30. The summed E-state index contributed by atoms with van der Waals surface area (Å²) >= 11 is 5.70. The number of amides is 1. The van der Waals surface area contributed by atoms with Gasteiger partial charge >= 0.3 is 0 Å². The van der Waals surface area contributed by atoms with Crippen molar-refractivity contribution < 1.29 is 9.90 Å². The molecular formula is C13H18ClNO2. The first-order valence-electron chi connectivity index (χ1n) is 5.62. The van der Waals surface area contributed by atoms with Crippen molar-refractivity contribution in [2.45, 2.75) is 27.2 Å². The molecule has 3 nitrogen and oxygen atoms in total. The van der Waals surface area contributed by atoms with Crippen LogP contribution in [-0.4, -0.2) is 17.6 Å². The molecule has 0 aliphatic heterocycles. The Morgan fingerprint density at radius 1 is 1.47 bits per heavy atom. The molecule has 0 spiro atoms. The van der Waals surface area contributed by atoms with E-state index >= 15 is 0 Å². The Hall–Kier alpha value is -1.22. The highest BCUT2D eigenvalue weighted by molar-refractivity contribution is 6.30. The summed E-state index contributed by atoms with van der Waals surface area (Å²) in [6, 6.07) is 4.47. The zero-order valence-electron chi connectivity index (χ0n) is 10.4. The molecule has 0 saturated heterocycles. The number of hydrogen-bond acceptors (Lipinski definition) is 2. The lowest BCUT2D eigenvalue weighted by Crippen LogP contribution is -2.33. The van der Waals surface area contributed by atoms with Gasteiger partial charge in [-0.25, -0.2) is 0 Å². The van der Waals surface area contributed by atoms with Gasteiger partial charge in [-0.1, -0.05) is 32.4 Å². The zero-order chi connectivity index (χ0) is 13.1. The van der Waals surface area contributed by atoms with E-state index in [1.165, 1.54) is 12.1 Å². The second kappa shape index (κ2) is 5.41. The van der Waals surface area contributed by atoms with Gasteiger partial charge in [0.1, 0.15) is 5.75 Å². The molecule has 1 rings (SSSR count). The van der Waals surface area contributed by atoms with Crippen molar-refractivity contribution in [2.24, 2.45) is 5.41 Å². The molecule has 1 aromatic rings. The van der Waals surface area contributed by atoms with Gasteiger partial charge in [0, 0.05) is 11.6 Å². The number of carbonyl (C=O) groups is 1. The van der Waals surface area contributed by atoms with Crippen LogP contribution in [0.2, 0.25) is 5.02 Å². The lowest BCUT2D eigenvalue weighted by atomic mass is 9.90. The van der Waals surface area contributed by atoms with Gasteiger partial charge in [-0.3, -0.25) is 4.79 Å². The highest BCUT2D eigenvalue weighted by Crippen LogP contribution is 2.22. The Kier molecular flexibility index (Phi) is 4.40. The van der Waals surface area contributed by atoms with Crippen LogP contribution < -0.4 is 5.32 Å². The van der Waals surface area contributed by atoms with E-state index in [0.717, 1.165) is 6.42 Å². The molecule has 1 aromatic carbocycles. The number of benzene rings is 1. The number of aromatic hydroxyl groups is 1. The lowest BCUT2D eigenvalue weighted by molar-refractivity contribution is 0.0933. The fourth-order valence-electron chi connectivity index (χ4n) is 1.24. The monoisotopic (exact) mass is 255 g/mol. The Morgan fingerprint density at radius 3 is 2.65 bits per heavy atom. The average molecular weight is 256 g/mol. The number of rotatable bonds is 4. The van der Waals surface area contributed by atoms with Gasteiger partial charge in [-0.15, -0.1) is 0 Å². The summed E-state index contributed by atoms with van der Waals surface area (Å²) in [6.07, 6.45) is 0.972. The van der Waals surface area contributed by atoms with Crippen molar-refractivity contribution in [3.8, 4) is 5.75 Å². The van der Waals surface area contributed by atoms with Crippen LogP contribution in [-0.2, 0) is 0 Å². The normalized spacial score (nSPS) is 11.3. The topological polar surface area (TPSA) is 49.3 Å². The molecule has 0 aromatic heterocycles. The van der Waals surface area contributed by atoms with Crippen molar-refractivity contribution >= 4 is 17.5 Å². The number of phenols is 1. The highest BCUT2D eigenvalue weighted by atomic mass is 35.5. The van der Waals surface area contributed by atoms with Crippen LogP contribution in [0.4, 0.5) is 0 Å². The molecule has 0 heterocycles. The standard InChI is InChI=1S/C13H18ClNO2/c1-4-13(2,3)8-15-12(17)10-6-5-9(14)7-11(10)16/h5-7,16H,4,8H2,1-3H3,(H,15,17). The van der Waals surface area contributed by atoms with Crippen LogP contribution in [0.15, 0.2) is 18.2 Å². The maximum atomic E-state index is 11.8. The van der Waals surface area contributed by atoms with Crippen LogP contribution >= 0.6 is 11.6 Å². The minimum Gasteiger partial charge on any atom is -0.507 e. The summed E-state index contributed by atoms with van der Waals surface area (Å²) in [7, 11) is 0.